The van der Waals surface area contributed by atoms with Crippen LogP contribution < -0.4 is 4.74 Å². The van der Waals surface area contributed by atoms with E-state index in [1.165, 1.54) is 4.90 Å². The molecule has 0 spiro atoms. The maximum Gasteiger partial charge on any atom is 0.121 e. The van der Waals surface area contributed by atoms with E-state index in [1.54, 1.807) is 11.8 Å². The molecular weight excluding hydrogens is 180 g/mol. The molecule has 72 valence electrons. The summed E-state index contributed by atoms with van der Waals surface area (Å²) in [7, 11) is 0. The summed E-state index contributed by atoms with van der Waals surface area (Å²) >= 11 is 1.73. The van der Waals surface area contributed by atoms with Gasteiger partial charge in [-0.25, -0.2) is 0 Å². The molecule has 0 amide bonds. The van der Waals surface area contributed by atoms with Crippen LogP contribution in [-0.4, -0.2) is 11.9 Å². The minimum absolute atomic E-state index is 0.114. The van der Waals surface area contributed by atoms with E-state index in [0.29, 0.717) is 0 Å². The maximum absolute atomic E-state index is 5.73. The minimum atomic E-state index is -0.114. The van der Waals surface area contributed by atoms with Crippen LogP contribution in [0.15, 0.2) is 29.2 Å². The van der Waals surface area contributed by atoms with Gasteiger partial charge in [0.2, 0.25) is 0 Å². The Balaban J connectivity index is 2.78. The van der Waals surface area contributed by atoms with E-state index in [1.807, 2.05) is 12.1 Å². The smallest absolute Gasteiger partial charge is 0.121 e. The van der Waals surface area contributed by atoms with Crippen LogP contribution >= 0.6 is 11.8 Å². The summed E-state index contributed by atoms with van der Waals surface area (Å²) < 4.78 is 5.73. The Labute approximate surface area is 84.5 Å². The molecule has 2 heteroatoms. The van der Waals surface area contributed by atoms with E-state index in [0.717, 1.165) is 5.75 Å². The van der Waals surface area contributed by atoms with Crippen LogP contribution in [0.1, 0.15) is 20.8 Å². The molecule has 0 bridgehead atoms. The van der Waals surface area contributed by atoms with Gasteiger partial charge in [-0.15, -0.1) is 11.8 Å². The van der Waals surface area contributed by atoms with E-state index >= 15 is 0 Å². The van der Waals surface area contributed by atoms with E-state index in [4.69, 9.17) is 4.74 Å². The fourth-order valence-electron chi connectivity index (χ4n) is 1.02. The lowest BCUT2D eigenvalue weighted by Gasteiger charge is -2.21. The van der Waals surface area contributed by atoms with Crippen LogP contribution in [-0.2, 0) is 0 Å². The molecule has 0 aliphatic rings. The van der Waals surface area contributed by atoms with E-state index in [-0.39, 0.29) is 5.60 Å². The highest BCUT2D eigenvalue weighted by atomic mass is 32.2. The minimum Gasteiger partial charge on any atom is -0.488 e. The zero-order valence-corrected chi connectivity index (χ0v) is 9.44. The van der Waals surface area contributed by atoms with Gasteiger partial charge < -0.3 is 4.74 Å². The van der Waals surface area contributed by atoms with Gasteiger partial charge in [-0.1, -0.05) is 6.07 Å². The Kier molecular flexibility index (Phi) is 3.26. The van der Waals surface area contributed by atoms with E-state index in [9.17, 15) is 0 Å². The molecule has 0 fully saturated rings. The van der Waals surface area contributed by atoms with Gasteiger partial charge in [0.05, 0.1) is 0 Å². The predicted molar refractivity (Wildman–Crippen MR) is 58.6 cm³/mol. The first-order chi connectivity index (χ1) is 6.01. The summed E-state index contributed by atoms with van der Waals surface area (Å²) in [5.74, 6) is 0.944. The van der Waals surface area contributed by atoms with Gasteiger partial charge in [-0.05, 0) is 45.2 Å². The Bertz CT molecular complexity index is 276. The molecule has 0 aliphatic carbocycles. The molecule has 1 aromatic rings. The molecule has 0 N–H and O–H groups in total. The lowest BCUT2D eigenvalue weighted by Crippen LogP contribution is -2.22. The van der Waals surface area contributed by atoms with Gasteiger partial charge in [0, 0.05) is 4.90 Å². The Morgan fingerprint density at radius 3 is 2.46 bits per heavy atom. The summed E-state index contributed by atoms with van der Waals surface area (Å²) in [6, 6.07) is 8.16. The largest absolute Gasteiger partial charge is 0.488 e. The Morgan fingerprint density at radius 2 is 1.92 bits per heavy atom. The van der Waals surface area contributed by atoms with Crippen molar-refractivity contribution in [2.24, 2.45) is 0 Å². The molecule has 1 rings (SSSR count). The Morgan fingerprint density at radius 1 is 1.23 bits per heavy atom. The van der Waals surface area contributed by atoms with Crippen LogP contribution in [0.5, 0.6) is 5.75 Å². The van der Waals surface area contributed by atoms with Crippen molar-refractivity contribution in [1.82, 2.24) is 0 Å². The van der Waals surface area contributed by atoms with Crippen LogP contribution in [0.25, 0.3) is 0 Å². The molecule has 1 nitrogen and oxygen atoms in total. The van der Waals surface area contributed by atoms with Crippen LogP contribution in [0.4, 0.5) is 0 Å². The summed E-state index contributed by atoms with van der Waals surface area (Å²) in [6.07, 6.45) is 2.07. The van der Waals surface area contributed by atoms with Crippen LogP contribution in [0, 0.1) is 0 Å². The first-order valence-corrected chi connectivity index (χ1v) is 5.57. The topological polar surface area (TPSA) is 9.23 Å². The Hall–Kier alpha value is -0.630. The van der Waals surface area contributed by atoms with Gasteiger partial charge in [0.1, 0.15) is 11.4 Å². The van der Waals surface area contributed by atoms with Crippen LogP contribution in [0.3, 0.4) is 0 Å². The third-order valence-corrected chi connectivity index (χ3v) is 2.19. The SMILES string of the molecule is CSc1cccc(OC(C)(C)C)c1. The maximum atomic E-state index is 5.73. The molecule has 0 aliphatic heterocycles. The first-order valence-electron chi connectivity index (χ1n) is 4.34. The number of benzene rings is 1. The van der Waals surface area contributed by atoms with Crippen molar-refractivity contribution in [3.05, 3.63) is 24.3 Å². The molecule has 0 radical (unpaired) electrons. The van der Waals surface area contributed by atoms with Gasteiger partial charge in [0.15, 0.2) is 0 Å². The molecule has 1 aromatic carbocycles. The molecule has 13 heavy (non-hydrogen) atoms. The van der Waals surface area contributed by atoms with E-state index < -0.39 is 0 Å². The molecule has 0 saturated carbocycles. The molecule has 0 unspecified atom stereocenters. The third kappa shape index (κ3) is 3.73. The van der Waals surface area contributed by atoms with Crippen molar-refractivity contribution >= 4 is 11.8 Å². The van der Waals surface area contributed by atoms with Gasteiger partial charge in [0.25, 0.3) is 0 Å². The number of thioether (sulfide) groups is 1. The summed E-state index contributed by atoms with van der Waals surface area (Å²) in [5, 5.41) is 0. The standard InChI is InChI=1S/C11H16OS/c1-11(2,3)12-9-6-5-7-10(8-9)13-4/h5-8H,1-4H3. The van der Waals surface area contributed by atoms with Gasteiger partial charge in [-0.3, -0.25) is 0 Å². The summed E-state index contributed by atoms with van der Waals surface area (Å²) in [5.41, 5.74) is -0.114. The second-order valence-electron chi connectivity index (χ2n) is 3.89. The van der Waals surface area contributed by atoms with Crippen molar-refractivity contribution in [2.75, 3.05) is 6.26 Å². The molecular formula is C11H16OS. The van der Waals surface area contributed by atoms with Crippen molar-refractivity contribution in [3.8, 4) is 5.75 Å². The van der Waals surface area contributed by atoms with Crippen molar-refractivity contribution < 1.29 is 4.74 Å². The molecule has 0 atom stereocenters. The highest BCUT2D eigenvalue weighted by Crippen LogP contribution is 2.23. The highest BCUT2D eigenvalue weighted by molar-refractivity contribution is 7.98. The van der Waals surface area contributed by atoms with Crippen molar-refractivity contribution in [1.29, 1.82) is 0 Å². The lowest BCUT2D eigenvalue weighted by molar-refractivity contribution is 0.130. The lowest BCUT2D eigenvalue weighted by atomic mass is 10.2. The number of ether oxygens (including phenoxy) is 1. The third-order valence-electron chi connectivity index (χ3n) is 1.47. The fourth-order valence-corrected chi connectivity index (χ4v) is 1.47. The summed E-state index contributed by atoms with van der Waals surface area (Å²) in [6.45, 7) is 6.16. The number of rotatable bonds is 2. The summed E-state index contributed by atoms with van der Waals surface area (Å²) in [4.78, 5) is 1.24. The molecule has 0 aromatic heterocycles. The molecule has 0 saturated heterocycles. The quantitative estimate of drug-likeness (QED) is 0.669. The number of hydrogen-bond acceptors (Lipinski definition) is 2. The zero-order chi connectivity index (χ0) is 9.90. The van der Waals surface area contributed by atoms with Gasteiger partial charge in [-0.2, -0.15) is 0 Å². The monoisotopic (exact) mass is 196 g/mol. The normalized spacial score (nSPS) is 11.4. The zero-order valence-electron chi connectivity index (χ0n) is 8.63. The second-order valence-corrected chi connectivity index (χ2v) is 4.77. The highest BCUT2D eigenvalue weighted by Gasteiger charge is 2.11. The van der Waals surface area contributed by atoms with Gasteiger partial charge >= 0.3 is 0 Å². The fraction of sp³-hybridized carbons (Fsp3) is 0.455. The average molecular weight is 196 g/mol. The van der Waals surface area contributed by atoms with E-state index in [2.05, 4.69) is 39.2 Å². The van der Waals surface area contributed by atoms with Crippen molar-refractivity contribution in [3.63, 3.8) is 0 Å². The first kappa shape index (κ1) is 10.5. The second kappa shape index (κ2) is 4.05. The predicted octanol–water partition coefficient (Wildman–Crippen LogP) is 3.59. The molecule has 0 heterocycles. The average Bonchev–Trinajstić information content (AvgIpc) is 2.01. The van der Waals surface area contributed by atoms with Crippen molar-refractivity contribution in [2.45, 2.75) is 31.3 Å². The number of hydrogen-bond donors (Lipinski definition) is 0. The van der Waals surface area contributed by atoms with Crippen LogP contribution in [0.2, 0.25) is 0 Å².